The molecule has 0 N–H and O–H groups in total. The molecule has 0 radical (unpaired) electrons. The summed E-state index contributed by atoms with van der Waals surface area (Å²) in [5, 5.41) is 0. The predicted octanol–water partition coefficient (Wildman–Crippen LogP) is 3.47. The summed E-state index contributed by atoms with van der Waals surface area (Å²) in [4.78, 5) is 1.42. The van der Waals surface area contributed by atoms with Crippen LogP contribution in [0.1, 0.15) is 44.2 Å². The highest BCUT2D eigenvalue weighted by molar-refractivity contribution is 7.05. The smallest absolute Gasteiger partial charge is 0.0570 e. The maximum atomic E-state index is 4.41. The average Bonchev–Trinajstić information content (AvgIpc) is 2.34. The average molecular weight is 183 g/mol. The lowest BCUT2D eigenvalue weighted by Gasteiger charge is -1.99. The molecule has 1 aromatic rings. The van der Waals surface area contributed by atoms with Gasteiger partial charge in [0.1, 0.15) is 0 Å². The Morgan fingerprint density at radius 2 is 2.00 bits per heavy atom. The molecule has 1 rings (SSSR count). The van der Waals surface area contributed by atoms with Gasteiger partial charge in [0.2, 0.25) is 0 Å². The lowest BCUT2D eigenvalue weighted by Crippen LogP contribution is -1.90. The minimum Gasteiger partial charge on any atom is -0.197 e. The van der Waals surface area contributed by atoms with Crippen LogP contribution in [0.3, 0.4) is 0 Å². The van der Waals surface area contributed by atoms with Crippen LogP contribution in [0.25, 0.3) is 0 Å². The molecule has 0 amide bonds. The van der Waals surface area contributed by atoms with Gasteiger partial charge in [0.25, 0.3) is 0 Å². The summed E-state index contributed by atoms with van der Waals surface area (Å²) in [6.45, 7) is 8.87. The first-order valence-corrected chi connectivity index (χ1v) is 5.32. The van der Waals surface area contributed by atoms with Gasteiger partial charge in [-0.25, -0.2) is 0 Å². The molecule has 0 saturated carbocycles. The molecular weight excluding hydrogens is 166 g/mol. The van der Waals surface area contributed by atoms with Gasteiger partial charge in [-0.2, -0.15) is 4.37 Å². The fourth-order valence-electron chi connectivity index (χ4n) is 1.10. The Balaban J connectivity index is 2.64. The first kappa shape index (κ1) is 9.72. The fourth-order valence-corrected chi connectivity index (χ4v) is 2.17. The third-order valence-electron chi connectivity index (χ3n) is 1.78. The van der Waals surface area contributed by atoms with Crippen LogP contribution in [-0.2, 0) is 6.42 Å². The van der Waals surface area contributed by atoms with Crippen molar-refractivity contribution in [2.45, 2.75) is 40.0 Å². The Morgan fingerprint density at radius 1 is 1.33 bits per heavy atom. The molecule has 0 bridgehead atoms. The Labute approximate surface area is 79.0 Å². The predicted molar refractivity (Wildman–Crippen MR) is 54.7 cm³/mol. The highest BCUT2D eigenvalue weighted by Gasteiger charge is 2.06. The zero-order chi connectivity index (χ0) is 9.14. The first-order valence-electron chi connectivity index (χ1n) is 4.55. The zero-order valence-electron chi connectivity index (χ0n) is 8.29. The zero-order valence-corrected chi connectivity index (χ0v) is 9.11. The van der Waals surface area contributed by atoms with E-state index in [9.17, 15) is 0 Å². The van der Waals surface area contributed by atoms with Gasteiger partial charge in [0.15, 0.2) is 0 Å². The quantitative estimate of drug-likeness (QED) is 0.699. The first-order chi connectivity index (χ1) is 5.59. The summed E-state index contributed by atoms with van der Waals surface area (Å²) in [6.07, 6.45) is 1.17. The van der Waals surface area contributed by atoms with Gasteiger partial charge in [-0.3, -0.25) is 0 Å². The molecule has 1 heterocycles. The van der Waals surface area contributed by atoms with E-state index < -0.39 is 0 Å². The molecule has 0 aliphatic rings. The highest BCUT2D eigenvalue weighted by Crippen LogP contribution is 2.20. The van der Waals surface area contributed by atoms with Crippen LogP contribution in [0.15, 0.2) is 6.07 Å². The van der Waals surface area contributed by atoms with Gasteiger partial charge in [-0.15, -0.1) is 0 Å². The molecule has 0 atom stereocenters. The van der Waals surface area contributed by atoms with E-state index >= 15 is 0 Å². The van der Waals surface area contributed by atoms with Crippen molar-refractivity contribution in [3.05, 3.63) is 16.6 Å². The van der Waals surface area contributed by atoms with Crippen LogP contribution in [0, 0.1) is 5.92 Å². The van der Waals surface area contributed by atoms with Crippen molar-refractivity contribution >= 4 is 11.5 Å². The second-order valence-electron chi connectivity index (χ2n) is 3.97. The SMILES string of the molecule is CC(C)Cc1cc(C(C)C)ns1. The Kier molecular flexibility index (Phi) is 3.27. The second-order valence-corrected chi connectivity index (χ2v) is 4.86. The molecule has 0 unspecified atom stereocenters. The third kappa shape index (κ3) is 2.59. The molecule has 0 aromatic carbocycles. The van der Waals surface area contributed by atoms with Crippen LogP contribution >= 0.6 is 11.5 Å². The van der Waals surface area contributed by atoms with Crippen molar-refractivity contribution in [3.63, 3.8) is 0 Å². The van der Waals surface area contributed by atoms with Crippen molar-refractivity contribution in [2.75, 3.05) is 0 Å². The molecule has 1 nitrogen and oxygen atoms in total. The maximum Gasteiger partial charge on any atom is 0.0570 e. The van der Waals surface area contributed by atoms with Crippen molar-refractivity contribution in [2.24, 2.45) is 5.92 Å². The van der Waals surface area contributed by atoms with Gasteiger partial charge in [-0.05, 0) is 35.9 Å². The summed E-state index contributed by atoms with van der Waals surface area (Å²) in [5.74, 6) is 1.31. The van der Waals surface area contributed by atoms with Crippen LogP contribution < -0.4 is 0 Å². The third-order valence-corrected chi connectivity index (χ3v) is 2.60. The standard InChI is InChI=1S/C10H17NS/c1-7(2)5-9-6-10(8(3)4)11-12-9/h6-8H,5H2,1-4H3. The lowest BCUT2D eigenvalue weighted by molar-refractivity contribution is 0.653. The number of hydrogen-bond donors (Lipinski definition) is 0. The minimum atomic E-state index is 0.571. The summed E-state index contributed by atoms with van der Waals surface area (Å²) < 4.78 is 4.41. The van der Waals surface area contributed by atoms with Crippen molar-refractivity contribution in [3.8, 4) is 0 Å². The topological polar surface area (TPSA) is 12.9 Å². The Bertz CT molecular complexity index is 238. The van der Waals surface area contributed by atoms with Crippen molar-refractivity contribution in [1.29, 1.82) is 0 Å². The molecule has 0 fully saturated rings. The molecule has 0 spiro atoms. The van der Waals surface area contributed by atoms with E-state index in [2.05, 4.69) is 38.1 Å². The second kappa shape index (κ2) is 4.04. The van der Waals surface area contributed by atoms with E-state index in [0.29, 0.717) is 5.92 Å². The molecule has 68 valence electrons. The maximum absolute atomic E-state index is 4.41. The van der Waals surface area contributed by atoms with Crippen LogP contribution in [-0.4, -0.2) is 4.37 Å². The lowest BCUT2D eigenvalue weighted by atomic mass is 10.1. The number of rotatable bonds is 3. The molecule has 1 aromatic heterocycles. The van der Waals surface area contributed by atoms with E-state index in [0.717, 1.165) is 5.92 Å². The number of nitrogens with zero attached hydrogens (tertiary/aromatic N) is 1. The summed E-state index contributed by atoms with van der Waals surface area (Å²) >= 11 is 1.66. The van der Waals surface area contributed by atoms with Gasteiger partial charge >= 0.3 is 0 Å². The molecule has 0 aliphatic heterocycles. The van der Waals surface area contributed by atoms with Crippen LogP contribution in [0.4, 0.5) is 0 Å². The molecular formula is C10H17NS. The van der Waals surface area contributed by atoms with Gasteiger partial charge in [0, 0.05) is 4.88 Å². The van der Waals surface area contributed by atoms with E-state index in [1.165, 1.54) is 17.0 Å². The van der Waals surface area contributed by atoms with E-state index in [4.69, 9.17) is 0 Å². The van der Waals surface area contributed by atoms with Crippen molar-refractivity contribution < 1.29 is 0 Å². The van der Waals surface area contributed by atoms with Crippen LogP contribution in [0.5, 0.6) is 0 Å². The highest BCUT2D eigenvalue weighted by atomic mass is 32.1. The Morgan fingerprint density at radius 3 is 2.42 bits per heavy atom. The van der Waals surface area contributed by atoms with Gasteiger partial charge < -0.3 is 0 Å². The summed E-state index contributed by atoms with van der Waals surface area (Å²) in [7, 11) is 0. The Hall–Kier alpha value is -0.370. The van der Waals surface area contributed by atoms with Gasteiger partial charge in [-0.1, -0.05) is 27.7 Å². The van der Waals surface area contributed by atoms with E-state index in [-0.39, 0.29) is 0 Å². The van der Waals surface area contributed by atoms with E-state index in [1.807, 2.05) is 0 Å². The van der Waals surface area contributed by atoms with Gasteiger partial charge in [0.05, 0.1) is 5.69 Å². The fraction of sp³-hybridized carbons (Fsp3) is 0.700. The number of hydrogen-bond acceptors (Lipinski definition) is 2. The molecule has 0 saturated heterocycles. The molecule has 2 heteroatoms. The summed E-state index contributed by atoms with van der Waals surface area (Å²) in [6, 6.07) is 2.25. The number of aromatic nitrogens is 1. The largest absolute Gasteiger partial charge is 0.197 e. The summed E-state index contributed by atoms with van der Waals surface area (Å²) in [5.41, 5.74) is 1.25. The van der Waals surface area contributed by atoms with E-state index in [1.54, 1.807) is 11.5 Å². The molecule has 0 aliphatic carbocycles. The normalized spacial score (nSPS) is 11.5. The monoisotopic (exact) mass is 183 g/mol. The van der Waals surface area contributed by atoms with Crippen LogP contribution in [0.2, 0.25) is 0 Å². The van der Waals surface area contributed by atoms with Crippen molar-refractivity contribution in [1.82, 2.24) is 4.37 Å². The molecule has 12 heavy (non-hydrogen) atoms. The minimum absolute atomic E-state index is 0.571.